The Bertz CT molecular complexity index is 571. The maximum absolute atomic E-state index is 10.2. The van der Waals surface area contributed by atoms with Crippen LogP contribution in [0.3, 0.4) is 0 Å². The fraction of sp³-hybridized carbons (Fsp3) is 0.650. The van der Waals surface area contributed by atoms with E-state index >= 15 is 0 Å². The van der Waals surface area contributed by atoms with Gasteiger partial charge in [-0.25, -0.2) is 0 Å². The van der Waals surface area contributed by atoms with E-state index in [0.717, 1.165) is 32.1 Å². The molecule has 0 bridgehead atoms. The molecule has 1 aromatic heterocycles. The molecule has 1 aliphatic rings. The summed E-state index contributed by atoms with van der Waals surface area (Å²) in [4.78, 5) is 9.38. The average molecular weight is 396 g/mol. The number of aliphatic hydroxyl groups excluding tert-OH is 4. The van der Waals surface area contributed by atoms with Gasteiger partial charge in [-0.1, -0.05) is 18.2 Å². The Labute approximate surface area is 166 Å². The maximum atomic E-state index is 10.2. The van der Waals surface area contributed by atoms with E-state index in [1.54, 1.807) is 6.20 Å². The lowest BCUT2D eigenvalue weighted by Gasteiger charge is -2.43. The highest BCUT2D eigenvalue weighted by atomic mass is 16.7. The lowest BCUT2D eigenvalue weighted by Crippen LogP contribution is -2.63. The van der Waals surface area contributed by atoms with Crippen LogP contribution in [0.5, 0.6) is 0 Å². The van der Waals surface area contributed by atoms with Crippen molar-refractivity contribution in [3.05, 3.63) is 42.2 Å². The number of allylic oxidation sites excluding steroid dienone is 2. The second-order valence-electron chi connectivity index (χ2n) is 6.91. The number of pyridine rings is 1. The number of aromatic nitrogens is 1. The molecule has 0 aromatic carbocycles. The quantitative estimate of drug-likeness (QED) is 0.241. The Kier molecular flexibility index (Phi) is 10.0. The molecular formula is C20H32N2O6. The third-order valence-corrected chi connectivity index (χ3v) is 4.87. The molecule has 0 spiro atoms. The van der Waals surface area contributed by atoms with Gasteiger partial charge in [0.2, 0.25) is 0 Å². The van der Waals surface area contributed by atoms with Crippen LogP contribution in [-0.2, 0) is 16.0 Å². The number of ether oxygens (including phenoxy) is 1. The van der Waals surface area contributed by atoms with Gasteiger partial charge in [0.25, 0.3) is 0 Å². The molecule has 0 aliphatic carbocycles. The molecule has 0 amide bonds. The van der Waals surface area contributed by atoms with Crippen LogP contribution >= 0.6 is 0 Å². The standard InChI is InChI=1S/C20H32N2O6/c1-27-22(20-19(26)18(25)17(24)16(14-23)28-20)12-7-5-3-2-4-6-9-15-10-8-11-21-13-15/h2,4,8,10-11,13,16-20,23-26H,3,5-7,9,12,14H2,1H3/b4-2-/t16-,17-,18+,19-,20-/m1/s1. The van der Waals surface area contributed by atoms with Crippen molar-refractivity contribution < 1.29 is 30.0 Å². The number of aliphatic hydroxyl groups is 4. The van der Waals surface area contributed by atoms with Crippen LogP contribution in [0.25, 0.3) is 0 Å². The minimum Gasteiger partial charge on any atom is -0.394 e. The molecule has 8 heteroatoms. The highest BCUT2D eigenvalue weighted by molar-refractivity contribution is 5.09. The van der Waals surface area contributed by atoms with Gasteiger partial charge in [0, 0.05) is 18.9 Å². The molecule has 0 unspecified atom stereocenters. The molecular weight excluding hydrogens is 364 g/mol. The summed E-state index contributed by atoms with van der Waals surface area (Å²) < 4.78 is 5.51. The zero-order valence-electron chi connectivity index (χ0n) is 16.3. The smallest absolute Gasteiger partial charge is 0.162 e. The van der Waals surface area contributed by atoms with E-state index in [1.165, 1.54) is 17.7 Å². The molecule has 2 rings (SSSR count). The molecule has 1 fully saturated rings. The topological polar surface area (TPSA) is 116 Å². The van der Waals surface area contributed by atoms with Crippen LogP contribution < -0.4 is 0 Å². The summed E-state index contributed by atoms with van der Waals surface area (Å²) in [5.74, 6) is 0. The summed E-state index contributed by atoms with van der Waals surface area (Å²) in [5.41, 5.74) is 1.22. The SMILES string of the molecule is CON(CCCC/C=C\CCc1cccnc1)[C@@H]1O[C@H](CO)[C@@H](O)[C@H](O)[C@H]1O. The van der Waals surface area contributed by atoms with E-state index in [1.807, 2.05) is 12.3 Å². The molecule has 5 atom stereocenters. The van der Waals surface area contributed by atoms with Crippen LogP contribution in [0, 0.1) is 0 Å². The van der Waals surface area contributed by atoms with Crippen LogP contribution in [0.1, 0.15) is 31.2 Å². The van der Waals surface area contributed by atoms with Gasteiger partial charge in [0.1, 0.15) is 24.4 Å². The van der Waals surface area contributed by atoms with Crippen LogP contribution in [0.4, 0.5) is 0 Å². The number of unbranched alkanes of at least 4 members (excludes halogenated alkanes) is 2. The summed E-state index contributed by atoms with van der Waals surface area (Å²) in [5, 5.41) is 40.6. The molecule has 0 radical (unpaired) electrons. The zero-order valence-corrected chi connectivity index (χ0v) is 16.3. The van der Waals surface area contributed by atoms with E-state index in [0.29, 0.717) is 6.54 Å². The van der Waals surface area contributed by atoms with Crippen molar-refractivity contribution in [1.29, 1.82) is 0 Å². The van der Waals surface area contributed by atoms with Gasteiger partial charge in [-0.15, -0.1) is 0 Å². The molecule has 2 heterocycles. The fourth-order valence-electron chi connectivity index (χ4n) is 3.20. The summed E-state index contributed by atoms with van der Waals surface area (Å²) in [7, 11) is 1.46. The average Bonchev–Trinajstić information content (AvgIpc) is 2.72. The molecule has 0 saturated carbocycles. The molecule has 1 aromatic rings. The number of hydrogen-bond donors (Lipinski definition) is 4. The first kappa shape index (κ1) is 22.9. The largest absolute Gasteiger partial charge is 0.394 e. The van der Waals surface area contributed by atoms with Gasteiger partial charge in [-0.2, -0.15) is 5.06 Å². The van der Waals surface area contributed by atoms with Crippen molar-refractivity contribution in [2.45, 2.75) is 62.7 Å². The van der Waals surface area contributed by atoms with E-state index in [9.17, 15) is 20.4 Å². The Balaban J connectivity index is 1.68. The van der Waals surface area contributed by atoms with Crippen molar-refractivity contribution in [3.63, 3.8) is 0 Å². The highest BCUT2D eigenvalue weighted by Crippen LogP contribution is 2.24. The second kappa shape index (κ2) is 12.2. The van der Waals surface area contributed by atoms with E-state index in [4.69, 9.17) is 9.57 Å². The first-order chi connectivity index (χ1) is 13.6. The number of aryl methyl sites for hydroxylation is 1. The van der Waals surface area contributed by atoms with Gasteiger partial charge < -0.3 is 25.2 Å². The van der Waals surface area contributed by atoms with Crippen molar-refractivity contribution in [1.82, 2.24) is 10.0 Å². The fourth-order valence-corrected chi connectivity index (χ4v) is 3.20. The minimum atomic E-state index is -1.41. The molecule has 1 aliphatic heterocycles. The van der Waals surface area contributed by atoms with E-state index in [2.05, 4.69) is 23.2 Å². The molecule has 158 valence electrons. The van der Waals surface area contributed by atoms with Crippen LogP contribution in [0.15, 0.2) is 36.7 Å². The van der Waals surface area contributed by atoms with Crippen molar-refractivity contribution in [2.24, 2.45) is 0 Å². The monoisotopic (exact) mass is 396 g/mol. The number of rotatable bonds is 11. The first-order valence-corrected chi connectivity index (χ1v) is 9.73. The van der Waals surface area contributed by atoms with Gasteiger partial charge in [-0.3, -0.25) is 9.82 Å². The van der Waals surface area contributed by atoms with E-state index < -0.39 is 37.3 Å². The van der Waals surface area contributed by atoms with Crippen molar-refractivity contribution >= 4 is 0 Å². The van der Waals surface area contributed by atoms with Gasteiger partial charge in [0.05, 0.1) is 13.7 Å². The van der Waals surface area contributed by atoms with E-state index in [-0.39, 0.29) is 0 Å². The number of nitrogens with zero attached hydrogens (tertiary/aromatic N) is 2. The highest BCUT2D eigenvalue weighted by Gasteiger charge is 2.45. The van der Waals surface area contributed by atoms with Crippen molar-refractivity contribution in [3.8, 4) is 0 Å². The summed E-state index contributed by atoms with van der Waals surface area (Å²) in [6.45, 7) is 0.0333. The summed E-state index contributed by atoms with van der Waals surface area (Å²) in [6, 6.07) is 4.01. The first-order valence-electron chi connectivity index (χ1n) is 9.73. The Morgan fingerprint density at radius 3 is 2.61 bits per heavy atom. The normalized spacial score (nSPS) is 28.3. The molecule has 28 heavy (non-hydrogen) atoms. The van der Waals surface area contributed by atoms with Crippen LogP contribution in [0.2, 0.25) is 0 Å². The Morgan fingerprint density at radius 2 is 1.93 bits per heavy atom. The molecule has 8 nitrogen and oxygen atoms in total. The van der Waals surface area contributed by atoms with Gasteiger partial charge in [0.15, 0.2) is 6.23 Å². The predicted octanol–water partition coefficient (Wildman–Crippen LogP) is 0.404. The maximum Gasteiger partial charge on any atom is 0.162 e. The Hall–Kier alpha value is -1.39. The van der Waals surface area contributed by atoms with Gasteiger partial charge >= 0.3 is 0 Å². The molecule has 1 saturated heterocycles. The third kappa shape index (κ3) is 6.59. The number of hydrogen-bond acceptors (Lipinski definition) is 8. The predicted molar refractivity (Wildman–Crippen MR) is 103 cm³/mol. The lowest BCUT2D eigenvalue weighted by atomic mass is 9.98. The van der Waals surface area contributed by atoms with Gasteiger partial charge in [-0.05, 0) is 43.7 Å². The summed E-state index contributed by atoms with van der Waals surface area (Å²) >= 11 is 0. The summed E-state index contributed by atoms with van der Waals surface area (Å²) in [6.07, 6.45) is 6.58. The third-order valence-electron chi connectivity index (χ3n) is 4.87. The minimum absolute atomic E-state index is 0.456. The van der Waals surface area contributed by atoms with Crippen LogP contribution in [-0.4, -0.2) is 81.4 Å². The number of hydroxylamine groups is 2. The molecule has 4 N–H and O–H groups in total. The lowest BCUT2D eigenvalue weighted by molar-refractivity contribution is -0.328. The second-order valence-corrected chi connectivity index (χ2v) is 6.91. The van der Waals surface area contributed by atoms with Crippen molar-refractivity contribution in [2.75, 3.05) is 20.3 Å². The Morgan fingerprint density at radius 1 is 1.14 bits per heavy atom. The zero-order chi connectivity index (χ0) is 20.4.